The van der Waals surface area contributed by atoms with E-state index in [1.807, 2.05) is 10.3 Å². The Balaban J connectivity index is 1.71. The van der Waals surface area contributed by atoms with Crippen LogP contribution in [-0.2, 0) is 20.7 Å². The van der Waals surface area contributed by atoms with Gasteiger partial charge in [0.15, 0.2) is 5.13 Å². The fraction of sp³-hybridized carbons (Fsp3) is 0.615. The molecule has 0 unspecified atom stereocenters. The van der Waals surface area contributed by atoms with Crippen LogP contribution in [0.2, 0.25) is 0 Å². The van der Waals surface area contributed by atoms with Crippen molar-refractivity contribution in [3.8, 4) is 0 Å². The molecular weight excluding hydrogens is 278 g/mol. The Hall–Kier alpha value is -1.63. The Bertz CT molecular complexity index is 469. The van der Waals surface area contributed by atoms with E-state index in [1.165, 1.54) is 18.4 Å². The third-order valence-corrected chi connectivity index (χ3v) is 4.03. The highest BCUT2D eigenvalue weighted by Crippen LogP contribution is 2.16. The van der Waals surface area contributed by atoms with Crippen LogP contribution in [0.25, 0.3) is 0 Å². The fourth-order valence-corrected chi connectivity index (χ4v) is 2.83. The molecule has 0 bridgehead atoms. The summed E-state index contributed by atoms with van der Waals surface area (Å²) < 4.78 is 4.59. The number of methoxy groups -OCH3 is 1. The van der Waals surface area contributed by atoms with Gasteiger partial charge in [-0.2, -0.15) is 0 Å². The van der Waals surface area contributed by atoms with Crippen molar-refractivity contribution in [3.63, 3.8) is 0 Å². The minimum Gasteiger partial charge on any atom is -0.469 e. The molecule has 1 aromatic heterocycles. The first-order chi connectivity index (χ1) is 9.69. The van der Waals surface area contributed by atoms with Gasteiger partial charge in [0.1, 0.15) is 0 Å². The molecule has 20 heavy (non-hydrogen) atoms. The van der Waals surface area contributed by atoms with E-state index in [0.717, 1.165) is 31.1 Å². The fourth-order valence-electron chi connectivity index (χ4n) is 2.09. The molecule has 0 radical (unpaired) electrons. The molecule has 1 fully saturated rings. The number of hydrogen-bond acceptors (Lipinski definition) is 6. The van der Waals surface area contributed by atoms with Gasteiger partial charge >= 0.3 is 5.97 Å². The summed E-state index contributed by atoms with van der Waals surface area (Å²) in [5.74, 6) is -0.104. The van der Waals surface area contributed by atoms with Gasteiger partial charge in [0, 0.05) is 31.4 Å². The number of hydrogen-bond donors (Lipinski definition) is 1. The lowest BCUT2D eigenvalue weighted by Gasteiger charge is -2.14. The van der Waals surface area contributed by atoms with Crippen LogP contribution in [0.1, 0.15) is 25.0 Å². The molecule has 0 saturated carbocycles. The third kappa shape index (κ3) is 4.19. The summed E-state index contributed by atoms with van der Waals surface area (Å²) in [7, 11) is 1.36. The lowest BCUT2D eigenvalue weighted by Crippen LogP contribution is -2.29. The monoisotopic (exact) mass is 297 g/mol. The summed E-state index contributed by atoms with van der Waals surface area (Å²) >= 11 is 1.43. The van der Waals surface area contributed by atoms with Crippen molar-refractivity contribution in [1.82, 2.24) is 9.88 Å². The highest BCUT2D eigenvalue weighted by atomic mass is 32.1. The molecule has 0 aromatic carbocycles. The second-order valence-corrected chi connectivity index (χ2v) is 5.52. The van der Waals surface area contributed by atoms with Gasteiger partial charge in [-0.25, -0.2) is 4.98 Å². The molecule has 0 aliphatic carbocycles. The van der Waals surface area contributed by atoms with Crippen LogP contribution in [0.5, 0.6) is 0 Å². The van der Waals surface area contributed by atoms with Gasteiger partial charge in [0.05, 0.1) is 19.2 Å². The highest BCUT2D eigenvalue weighted by molar-refractivity contribution is 7.13. The van der Waals surface area contributed by atoms with Crippen molar-refractivity contribution in [2.75, 3.05) is 32.1 Å². The number of amides is 1. The number of ether oxygens (including phenoxy) is 1. The Kier molecular flexibility index (Phi) is 5.34. The lowest BCUT2D eigenvalue weighted by molar-refractivity contribution is -0.139. The number of nitrogens with zero attached hydrogens (tertiary/aromatic N) is 2. The van der Waals surface area contributed by atoms with E-state index in [-0.39, 0.29) is 18.3 Å². The Morgan fingerprint density at radius 1 is 1.45 bits per heavy atom. The zero-order chi connectivity index (χ0) is 14.4. The second kappa shape index (κ2) is 7.23. The van der Waals surface area contributed by atoms with Gasteiger partial charge in [-0.05, 0) is 12.8 Å². The predicted molar refractivity (Wildman–Crippen MR) is 76.8 cm³/mol. The molecule has 6 nitrogen and oxygen atoms in total. The Morgan fingerprint density at radius 3 is 2.90 bits per heavy atom. The SMILES string of the molecule is COC(=O)Cc1csc(NCCC(=O)N2CCCC2)n1. The van der Waals surface area contributed by atoms with E-state index in [4.69, 9.17) is 0 Å². The summed E-state index contributed by atoms with van der Waals surface area (Å²) in [5, 5.41) is 5.67. The summed E-state index contributed by atoms with van der Waals surface area (Å²) in [6, 6.07) is 0. The van der Waals surface area contributed by atoms with Crippen molar-refractivity contribution < 1.29 is 14.3 Å². The van der Waals surface area contributed by atoms with E-state index in [2.05, 4.69) is 15.0 Å². The molecular formula is C13H19N3O3S. The van der Waals surface area contributed by atoms with Gasteiger partial charge in [-0.1, -0.05) is 0 Å². The number of carbonyl (C=O) groups is 2. The maximum Gasteiger partial charge on any atom is 0.311 e. The maximum atomic E-state index is 11.8. The van der Waals surface area contributed by atoms with Gasteiger partial charge in [0.25, 0.3) is 0 Å². The van der Waals surface area contributed by atoms with Gasteiger partial charge in [-0.15, -0.1) is 11.3 Å². The zero-order valence-corrected chi connectivity index (χ0v) is 12.4. The maximum absolute atomic E-state index is 11.8. The second-order valence-electron chi connectivity index (χ2n) is 4.66. The number of anilines is 1. The summed E-state index contributed by atoms with van der Waals surface area (Å²) in [4.78, 5) is 29.1. The quantitative estimate of drug-likeness (QED) is 0.801. The Morgan fingerprint density at radius 2 is 2.20 bits per heavy atom. The number of carbonyl (C=O) groups excluding carboxylic acids is 2. The van der Waals surface area contributed by atoms with E-state index >= 15 is 0 Å². The van der Waals surface area contributed by atoms with Crippen LogP contribution in [0.4, 0.5) is 5.13 Å². The minimum atomic E-state index is -0.300. The topological polar surface area (TPSA) is 71.5 Å². The van der Waals surface area contributed by atoms with Crippen LogP contribution >= 0.6 is 11.3 Å². The van der Waals surface area contributed by atoms with Crippen LogP contribution in [0.3, 0.4) is 0 Å². The van der Waals surface area contributed by atoms with Crippen molar-refractivity contribution in [2.45, 2.75) is 25.7 Å². The predicted octanol–water partition coefficient (Wildman–Crippen LogP) is 1.28. The molecule has 0 spiro atoms. The van der Waals surface area contributed by atoms with Crippen LogP contribution < -0.4 is 5.32 Å². The lowest BCUT2D eigenvalue weighted by atomic mass is 10.3. The van der Waals surface area contributed by atoms with E-state index in [9.17, 15) is 9.59 Å². The molecule has 1 amide bonds. The van der Waals surface area contributed by atoms with Crippen molar-refractivity contribution in [1.29, 1.82) is 0 Å². The number of nitrogens with one attached hydrogen (secondary N) is 1. The van der Waals surface area contributed by atoms with Crippen LogP contribution in [-0.4, -0.2) is 48.5 Å². The van der Waals surface area contributed by atoms with Gasteiger partial charge < -0.3 is 15.0 Å². The largest absolute Gasteiger partial charge is 0.469 e. The molecule has 1 aliphatic heterocycles. The molecule has 1 N–H and O–H groups in total. The molecule has 0 atom stereocenters. The smallest absolute Gasteiger partial charge is 0.311 e. The van der Waals surface area contributed by atoms with Crippen LogP contribution in [0, 0.1) is 0 Å². The number of esters is 1. The molecule has 2 rings (SSSR count). The van der Waals surface area contributed by atoms with Gasteiger partial charge in [-0.3, -0.25) is 9.59 Å². The van der Waals surface area contributed by atoms with Crippen molar-refractivity contribution in [2.24, 2.45) is 0 Å². The Labute approximate surface area is 122 Å². The summed E-state index contributed by atoms with van der Waals surface area (Å²) in [5.41, 5.74) is 0.690. The minimum absolute atomic E-state index is 0.182. The molecule has 1 aromatic rings. The van der Waals surface area contributed by atoms with Crippen molar-refractivity contribution in [3.05, 3.63) is 11.1 Å². The number of likely N-dealkylation sites (tertiary alicyclic amines) is 1. The highest BCUT2D eigenvalue weighted by Gasteiger charge is 2.17. The number of aromatic nitrogens is 1. The third-order valence-electron chi connectivity index (χ3n) is 3.18. The van der Waals surface area contributed by atoms with E-state index in [1.54, 1.807) is 0 Å². The molecule has 2 heterocycles. The van der Waals surface area contributed by atoms with Crippen LogP contribution in [0.15, 0.2) is 5.38 Å². The van der Waals surface area contributed by atoms with E-state index in [0.29, 0.717) is 18.7 Å². The van der Waals surface area contributed by atoms with E-state index < -0.39 is 0 Å². The average Bonchev–Trinajstić information content (AvgIpc) is 3.10. The number of thiazole rings is 1. The zero-order valence-electron chi connectivity index (χ0n) is 11.6. The summed E-state index contributed by atoms with van der Waals surface area (Å²) in [6.45, 7) is 2.35. The first kappa shape index (κ1) is 14.8. The molecule has 1 saturated heterocycles. The summed E-state index contributed by atoms with van der Waals surface area (Å²) in [6.07, 6.45) is 2.89. The molecule has 110 valence electrons. The van der Waals surface area contributed by atoms with Crippen molar-refractivity contribution >= 4 is 28.3 Å². The first-order valence-electron chi connectivity index (χ1n) is 6.72. The standard InChI is InChI=1S/C13H19N3O3S/c1-19-12(18)8-10-9-20-13(15-10)14-5-4-11(17)16-6-2-3-7-16/h9H,2-8H2,1H3,(H,14,15). The average molecular weight is 297 g/mol. The first-order valence-corrected chi connectivity index (χ1v) is 7.60. The molecule has 7 heteroatoms. The normalized spacial score (nSPS) is 14.3. The van der Waals surface area contributed by atoms with Gasteiger partial charge in [0.2, 0.25) is 5.91 Å². The number of rotatable bonds is 6. The molecule has 1 aliphatic rings.